The van der Waals surface area contributed by atoms with Crippen molar-refractivity contribution in [1.29, 1.82) is 0 Å². The van der Waals surface area contributed by atoms with E-state index in [1.165, 1.54) is 4.88 Å². The highest BCUT2D eigenvalue weighted by atomic mass is 35.5. The molecule has 1 unspecified atom stereocenters. The third-order valence-corrected chi connectivity index (χ3v) is 5.22. The summed E-state index contributed by atoms with van der Waals surface area (Å²) in [7, 11) is 0. The van der Waals surface area contributed by atoms with Crippen LogP contribution in [-0.2, 0) is 11.3 Å². The molecule has 104 valence electrons. The zero-order chi connectivity index (χ0) is 13.2. The first kappa shape index (κ1) is 13.4. The average molecular weight is 299 g/mol. The third-order valence-electron chi connectivity index (χ3n) is 4.07. The number of piperidine rings is 1. The van der Waals surface area contributed by atoms with Crippen LogP contribution in [0.2, 0.25) is 0 Å². The van der Waals surface area contributed by atoms with Crippen molar-refractivity contribution in [3.63, 3.8) is 0 Å². The van der Waals surface area contributed by atoms with Crippen LogP contribution in [0.4, 0.5) is 0 Å². The lowest BCUT2D eigenvalue weighted by molar-refractivity contribution is -0.130. The van der Waals surface area contributed by atoms with Gasteiger partial charge in [-0.2, -0.15) is 0 Å². The van der Waals surface area contributed by atoms with Gasteiger partial charge in [-0.1, -0.05) is 6.07 Å². The van der Waals surface area contributed by atoms with Crippen molar-refractivity contribution >= 4 is 28.8 Å². The minimum absolute atomic E-state index is 0.0247. The molecule has 3 rings (SSSR count). The smallest absolute Gasteiger partial charge is 0.224 e. The van der Waals surface area contributed by atoms with Gasteiger partial charge in [-0.05, 0) is 24.3 Å². The first-order chi connectivity index (χ1) is 9.22. The fraction of sp³-hybridized carbons (Fsp3) is 0.643. The zero-order valence-corrected chi connectivity index (χ0v) is 12.5. The molecule has 3 heterocycles. The minimum atomic E-state index is 0.0247. The predicted molar refractivity (Wildman–Crippen MR) is 78.6 cm³/mol. The van der Waals surface area contributed by atoms with E-state index in [1.54, 1.807) is 0 Å². The van der Waals surface area contributed by atoms with E-state index in [0.29, 0.717) is 12.5 Å². The highest BCUT2D eigenvalue weighted by molar-refractivity contribution is 7.09. The second kappa shape index (κ2) is 5.81. The molecule has 2 aliphatic rings. The number of alkyl halides is 1. The molecule has 1 aromatic heterocycles. The molecule has 0 N–H and O–H groups in total. The number of hydrogen-bond donors (Lipinski definition) is 0. The summed E-state index contributed by atoms with van der Waals surface area (Å²) >= 11 is 7.89. The molecular formula is C14H19ClN2OS. The van der Waals surface area contributed by atoms with Gasteiger partial charge in [0.1, 0.15) is 0 Å². The second-order valence-electron chi connectivity index (χ2n) is 5.43. The Hall–Kier alpha value is -0.580. The van der Waals surface area contributed by atoms with Crippen molar-refractivity contribution in [2.75, 3.05) is 19.6 Å². The van der Waals surface area contributed by atoms with Gasteiger partial charge in [0.25, 0.3) is 0 Å². The van der Waals surface area contributed by atoms with Crippen LogP contribution in [0.15, 0.2) is 17.5 Å². The third kappa shape index (κ3) is 3.12. The van der Waals surface area contributed by atoms with E-state index < -0.39 is 0 Å². The molecule has 0 saturated carbocycles. The highest BCUT2D eigenvalue weighted by Crippen LogP contribution is 2.25. The Morgan fingerprint density at radius 3 is 2.74 bits per heavy atom. The number of thiophene rings is 1. The molecule has 0 spiro atoms. The summed E-state index contributed by atoms with van der Waals surface area (Å²) in [5.41, 5.74) is 0. The van der Waals surface area contributed by atoms with Gasteiger partial charge in [0.2, 0.25) is 5.91 Å². The number of nitrogens with zero attached hydrogens (tertiary/aromatic N) is 2. The lowest BCUT2D eigenvalue weighted by atomic mass is 10.0. The van der Waals surface area contributed by atoms with Crippen molar-refractivity contribution in [2.45, 2.75) is 37.2 Å². The molecule has 1 atom stereocenters. The predicted octanol–water partition coefficient (Wildman–Crippen LogP) is 2.55. The number of hydrogen-bond acceptors (Lipinski definition) is 3. The minimum Gasteiger partial charge on any atom is -0.338 e. The van der Waals surface area contributed by atoms with E-state index in [4.69, 9.17) is 11.6 Å². The maximum atomic E-state index is 11.9. The van der Waals surface area contributed by atoms with Crippen LogP contribution >= 0.6 is 22.9 Å². The summed E-state index contributed by atoms with van der Waals surface area (Å²) in [4.78, 5) is 17.8. The summed E-state index contributed by atoms with van der Waals surface area (Å²) in [5, 5.41) is 2.16. The monoisotopic (exact) mass is 298 g/mol. The average Bonchev–Trinajstić information content (AvgIpc) is 3.00. The van der Waals surface area contributed by atoms with E-state index >= 15 is 0 Å². The molecule has 2 aliphatic heterocycles. The maximum Gasteiger partial charge on any atom is 0.224 e. The van der Waals surface area contributed by atoms with Crippen molar-refractivity contribution < 1.29 is 4.79 Å². The number of rotatable bonds is 3. The fourth-order valence-electron chi connectivity index (χ4n) is 3.05. The summed E-state index contributed by atoms with van der Waals surface area (Å²) in [6.45, 7) is 3.96. The molecule has 0 radical (unpaired) electrons. The molecule has 1 aromatic rings. The van der Waals surface area contributed by atoms with Crippen LogP contribution in [-0.4, -0.2) is 46.8 Å². The Morgan fingerprint density at radius 2 is 2.16 bits per heavy atom. The Morgan fingerprint density at radius 1 is 1.37 bits per heavy atom. The molecule has 5 heteroatoms. The van der Waals surface area contributed by atoms with E-state index in [2.05, 4.69) is 22.4 Å². The lowest BCUT2D eigenvalue weighted by Gasteiger charge is -2.36. The number of halogens is 1. The van der Waals surface area contributed by atoms with E-state index in [0.717, 1.165) is 39.0 Å². The normalized spacial score (nSPS) is 26.3. The summed E-state index contributed by atoms with van der Waals surface area (Å²) in [5.74, 6) is 0.247. The van der Waals surface area contributed by atoms with Crippen LogP contribution in [0.25, 0.3) is 0 Å². The maximum absolute atomic E-state index is 11.9. The topological polar surface area (TPSA) is 23.6 Å². The lowest BCUT2D eigenvalue weighted by Crippen LogP contribution is -2.45. The van der Waals surface area contributed by atoms with Crippen molar-refractivity contribution in [1.82, 2.24) is 9.80 Å². The molecule has 0 bridgehead atoms. The summed E-state index contributed by atoms with van der Waals surface area (Å²) in [6.07, 6.45) is 2.69. The molecule has 3 nitrogen and oxygen atoms in total. The van der Waals surface area contributed by atoms with Gasteiger partial charge < -0.3 is 4.90 Å². The number of carbonyl (C=O) groups is 1. The highest BCUT2D eigenvalue weighted by Gasteiger charge is 2.34. The van der Waals surface area contributed by atoms with Gasteiger partial charge in [-0.25, -0.2) is 0 Å². The van der Waals surface area contributed by atoms with Crippen LogP contribution in [0, 0.1) is 0 Å². The van der Waals surface area contributed by atoms with Gasteiger partial charge >= 0.3 is 0 Å². The molecule has 19 heavy (non-hydrogen) atoms. The van der Waals surface area contributed by atoms with Gasteiger partial charge in [0.15, 0.2) is 0 Å². The summed E-state index contributed by atoms with van der Waals surface area (Å²) in [6, 6.07) is 4.71. The van der Waals surface area contributed by atoms with Gasteiger partial charge in [-0.3, -0.25) is 9.69 Å². The van der Waals surface area contributed by atoms with Crippen molar-refractivity contribution in [3.05, 3.63) is 22.4 Å². The molecule has 2 saturated heterocycles. The SMILES string of the molecule is O=C1CC(Cl)CN1C1CCN(Cc2cccs2)CC1. The molecule has 1 amide bonds. The number of likely N-dealkylation sites (tertiary alicyclic amines) is 2. The standard InChI is InChI=1S/C14H19ClN2OS/c15-11-8-14(18)17(9-11)12-3-5-16(6-4-12)10-13-2-1-7-19-13/h1-2,7,11-12H,3-6,8-10H2. The summed E-state index contributed by atoms with van der Waals surface area (Å²) < 4.78 is 0. The Kier molecular flexibility index (Phi) is 4.10. The zero-order valence-electron chi connectivity index (χ0n) is 10.9. The Balaban J connectivity index is 1.51. The van der Waals surface area contributed by atoms with Crippen molar-refractivity contribution in [3.8, 4) is 0 Å². The molecule has 2 fully saturated rings. The van der Waals surface area contributed by atoms with Crippen LogP contribution < -0.4 is 0 Å². The quantitative estimate of drug-likeness (QED) is 0.801. The molecule has 0 aliphatic carbocycles. The number of amides is 1. The Labute approximate surface area is 123 Å². The van der Waals surface area contributed by atoms with E-state index in [9.17, 15) is 4.79 Å². The second-order valence-corrected chi connectivity index (χ2v) is 7.08. The first-order valence-corrected chi connectivity index (χ1v) is 8.22. The van der Waals surface area contributed by atoms with Crippen LogP contribution in [0.5, 0.6) is 0 Å². The number of carbonyl (C=O) groups excluding carboxylic acids is 1. The van der Waals surface area contributed by atoms with Crippen LogP contribution in [0.3, 0.4) is 0 Å². The molecular weight excluding hydrogens is 280 g/mol. The van der Waals surface area contributed by atoms with Crippen molar-refractivity contribution in [2.24, 2.45) is 0 Å². The van der Waals surface area contributed by atoms with E-state index in [-0.39, 0.29) is 11.3 Å². The van der Waals surface area contributed by atoms with Gasteiger partial charge in [0, 0.05) is 43.5 Å². The van der Waals surface area contributed by atoms with Crippen LogP contribution in [0.1, 0.15) is 24.1 Å². The molecule has 0 aromatic carbocycles. The Bertz CT molecular complexity index is 429. The van der Waals surface area contributed by atoms with Gasteiger partial charge in [0.05, 0.1) is 5.38 Å². The first-order valence-electron chi connectivity index (χ1n) is 6.90. The van der Waals surface area contributed by atoms with E-state index in [1.807, 2.05) is 16.2 Å². The fourth-order valence-corrected chi connectivity index (χ4v) is 4.08. The van der Waals surface area contributed by atoms with Gasteiger partial charge in [-0.15, -0.1) is 22.9 Å². The largest absolute Gasteiger partial charge is 0.338 e.